The number of imide groups is 2. The molecule has 0 spiro atoms. The highest BCUT2D eigenvalue weighted by molar-refractivity contribution is 6.39. The molecule has 1 aromatic heterocycles. The minimum atomic E-state index is -0.806. The highest BCUT2D eigenvalue weighted by atomic mass is 16.5. The second kappa shape index (κ2) is 8.78. The van der Waals surface area contributed by atoms with E-state index >= 15 is 0 Å². The number of anilines is 1. The van der Waals surface area contributed by atoms with Gasteiger partial charge in [-0.15, -0.1) is 0 Å². The maximum atomic E-state index is 13.3. The van der Waals surface area contributed by atoms with Crippen molar-refractivity contribution < 1.29 is 19.1 Å². The Labute approximate surface area is 192 Å². The van der Waals surface area contributed by atoms with Crippen molar-refractivity contribution in [3.05, 3.63) is 82.7 Å². The lowest BCUT2D eigenvalue weighted by Crippen LogP contribution is -2.54. The molecule has 0 bridgehead atoms. The number of nitrogens with zero attached hydrogens (tertiary/aromatic N) is 2. The monoisotopic (exact) mass is 443 g/mol. The number of para-hydroxylation sites is 2. The van der Waals surface area contributed by atoms with Crippen molar-refractivity contribution >= 4 is 29.6 Å². The van der Waals surface area contributed by atoms with Crippen molar-refractivity contribution in [2.45, 2.75) is 27.7 Å². The molecule has 7 heteroatoms. The Balaban J connectivity index is 1.76. The number of barbiturate groups is 1. The standard InChI is InChI=1S/C26H25N3O4/c1-5-33-23-9-7-6-8-22(23)29-25(31)21(24(30)27-26(29)32)15-19-14-17(3)28(18(19)4)20-12-10-16(2)11-13-20/h6-15H,5H2,1-4H3,(H,27,30,32)/b21-15-. The fourth-order valence-electron chi connectivity index (χ4n) is 3.98. The number of aromatic nitrogens is 1. The van der Waals surface area contributed by atoms with Crippen LogP contribution in [0.25, 0.3) is 11.8 Å². The Hall–Kier alpha value is -4.13. The lowest BCUT2D eigenvalue weighted by molar-refractivity contribution is -0.122. The van der Waals surface area contributed by atoms with Crippen LogP contribution in [0.15, 0.2) is 60.2 Å². The van der Waals surface area contributed by atoms with Gasteiger partial charge >= 0.3 is 6.03 Å². The molecule has 168 valence electrons. The topological polar surface area (TPSA) is 80.6 Å². The Morgan fingerprint density at radius 2 is 1.67 bits per heavy atom. The fourth-order valence-corrected chi connectivity index (χ4v) is 3.98. The zero-order valence-corrected chi connectivity index (χ0v) is 19.0. The molecule has 1 aliphatic rings. The molecular formula is C26H25N3O4. The molecule has 1 fully saturated rings. The average molecular weight is 444 g/mol. The summed E-state index contributed by atoms with van der Waals surface area (Å²) in [6.45, 7) is 8.10. The number of carbonyl (C=O) groups excluding carboxylic acids is 3. The molecule has 4 amide bonds. The molecule has 2 aromatic carbocycles. The van der Waals surface area contributed by atoms with Crippen molar-refractivity contribution in [2.24, 2.45) is 0 Å². The van der Waals surface area contributed by atoms with E-state index < -0.39 is 17.8 Å². The van der Waals surface area contributed by atoms with Crippen LogP contribution in [0.4, 0.5) is 10.5 Å². The van der Waals surface area contributed by atoms with Crippen LogP contribution in [0.2, 0.25) is 0 Å². The lowest BCUT2D eigenvalue weighted by Gasteiger charge is -2.27. The number of carbonyl (C=O) groups is 3. The lowest BCUT2D eigenvalue weighted by atomic mass is 10.1. The van der Waals surface area contributed by atoms with E-state index in [1.54, 1.807) is 24.3 Å². The van der Waals surface area contributed by atoms with Crippen molar-refractivity contribution in [1.82, 2.24) is 9.88 Å². The number of rotatable bonds is 5. The molecule has 0 unspecified atom stereocenters. The van der Waals surface area contributed by atoms with Gasteiger partial charge in [0.05, 0.1) is 12.3 Å². The van der Waals surface area contributed by atoms with Gasteiger partial charge in [-0.05, 0) is 69.7 Å². The summed E-state index contributed by atoms with van der Waals surface area (Å²) in [4.78, 5) is 39.5. The maximum Gasteiger partial charge on any atom is 0.336 e. The largest absolute Gasteiger partial charge is 0.492 e. The fraction of sp³-hybridized carbons (Fsp3) is 0.192. The van der Waals surface area contributed by atoms with E-state index in [9.17, 15) is 14.4 Å². The molecule has 4 rings (SSSR count). The van der Waals surface area contributed by atoms with Gasteiger partial charge in [0, 0.05) is 17.1 Å². The minimum absolute atomic E-state index is 0.120. The van der Waals surface area contributed by atoms with Gasteiger partial charge < -0.3 is 9.30 Å². The normalized spacial score (nSPS) is 15.2. The van der Waals surface area contributed by atoms with Crippen LogP contribution in [-0.2, 0) is 9.59 Å². The highest BCUT2D eigenvalue weighted by Gasteiger charge is 2.38. The van der Waals surface area contributed by atoms with Crippen molar-refractivity contribution in [3.8, 4) is 11.4 Å². The number of nitrogens with one attached hydrogen (secondary N) is 1. The van der Waals surface area contributed by atoms with E-state index in [1.807, 2.05) is 58.0 Å². The summed E-state index contributed by atoms with van der Waals surface area (Å²) in [6.07, 6.45) is 1.54. The van der Waals surface area contributed by atoms with Gasteiger partial charge in [0.2, 0.25) is 0 Å². The number of hydrogen-bond donors (Lipinski definition) is 1. The molecule has 0 atom stereocenters. The van der Waals surface area contributed by atoms with Crippen molar-refractivity contribution in [1.29, 1.82) is 0 Å². The molecule has 3 aromatic rings. The van der Waals surface area contributed by atoms with Crippen molar-refractivity contribution in [3.63, 3.8) is 0 Å². The summed E-state index contributed by atoms with van der Waals surface area (Å²) in [5, 5.41) is 2.27. The number of aryl methyl sites for hydroxylation is 2. The summed E-state index contributed by atoms with van der Waals surface area (Å²) in [5.74, 6) is -1.04. The van der Waals surface area contributed by atoms with Gasteiger partial charge in [-0.25, -0.2) is 9.69 Å². The Kier molecular flexibility index (Phi) is 5.87. The van der Waals surface area contributed by atoms with Crippen molar-refractivity contribution in [2.75, 3.05) is 11.5 Å². The Morgan fingerprint density at radius 3 is 2.36 bits per heavy atom. The second-order valence-corrected chi connectivity index (χ2v) is 7.86. The van der Waals surface area contributed by atoms with E-state index in [-0.39, 0.29) is 11.3 Å². The molecule has 1 saturated heterocycles. The zero-order valence-electron chi connectivity index (χ0n) is 19.0. The summed E-state index contributed by atoms with van der Waals surface area (Å²) in [7, 11) is 0. The predicted molar refractivity (Wildman–Crippen MR) is 127 cm³/mol. The first-order chi connectivity index (χ1) is 15.8. The van der Waals surface area contributed by atoms with E-state index in [2.05, 4.69) is 9.88 Å². The molecule has 33 heavy (non-hydrogen) atoms. The molecule has 7 nitrogen and oxygen atoms in total. The first-order valence-electron chi connectivity index (χ1n) is 10.7. The highest BCUT2D eigenvalue weighted by Crippen LogP contribution is 2.31. The Morgan fingerprint density at radius 1 is 0.970 bits per heavy atom. The summed E-state index contributed by atoms with van der Waals surface area (Å²) >= 11 is 0. The van der Waals surface area contributed by atoms with Gasteiger partial charge in [-0.3, -0.25) is 14.9 Å². The summed E-state index contributed by atoms with van der Waals surface area (Å²) in [6, 6.07) is 16.0. The zero-order chi connectivity index (χ0) is 23.7. The summed E-state index contributed by atoms with van der Waals surface area (Å²) in [5.41, 5.74) is 4.87. The van der Waals surface area contributed by atoms with Gasteiger partial charge in [0.1, 0.15) is 11.3 Å². The molecule has 0 radical (unpaired) electrons. The van der Waals surface area contributed by atoms with Crippen LogP contribution in [0.5, 0.6) is 5.75 Å². The van der Waals surface area contributed by atoms with Crippen LogP contribution < -0.4 is 15.0 Å². The number of amides is 4. The summed E-state index contributed by atoms with van der Waals surface area (Å²) < 4.78 is 7.64. The van der Waals surface area contributed by atoms with Gasteiger partial charge in [-0.1, -0.05) is 29.8 Å². The van der Waals surface area contributed by atoms with Crippen LogP contribution >= 0.6 is 0 Å². The maximum absolute atomic E-state index is 13.3. The second-order valence-electron chi connectivity index (χ2n) is 7.86. The third kappa shape index (κ3) is 4.05. The first kappa shape index (κ1) is 22.1. The smallest absolute Gasteiger partial charge is 0.336 e. The third-order valence-electron chi connectivity index (χ3n) is 5.57. The number of benzene rings is 2. The van der Waals surface area contributed by atoms with Gasteiger partial charge in [0.25, 0.3) is 11.8 Å². The minimum Gasteiger partial charge on any atom is -0.492 e. The van der Waals surface area contributed by atoms with E-state index in [0.717, 1.165) is 33.1 Å². The van der Waals surface area contributed by atoms with Crippen LogP contribution in [-0.4, -0.2) is 29.0 Å². The number of urea groups is 1. The average Bonchev–Trinajstić information content (AvgIpc) is 3.06. The quantitative estimate of drug-likeness (QED) is 0.466. The van der Waals surface area contributed by atoms with Gasteiger partial charge in [-0.2, -0.15) is 0 Å². The third-order valence-corrected chi connectivity index (χ3v) is 5.57. The molecular weight excluding hydrogens is 418 g/mol. The predicted octanol–water partition coefficient (Wildman–Crippen LogP) is 4.47. The Bertz CT molecular complexity index is 1290. The molecule has 2 heterocycles. The van der Waals surface area contributed by atoms with E-state index in [1.165, 1.54) is 6.08 Å². The number of hydrogen-bond acceptors (Lipinski definition) is 4. The van der Waals surface area contributed by atoms with Crippen LogP contribution in [0.1, 0.15) is 29.4 Å². The first-order valence-corrected chi connectivity index (χ1v) is 10.7. The van der Waals surface area contributed by atoms with Crippen LogP contribution in [0.3, 0.4) is 0 Å². The van der Waals surface area contributed by atoms with Gasteiger partial charge in [0.15, 0.2) is 0 Å². The van der Waals surface area contributed by atoms with E-state index in [4.69, 9.17) is 4.74 Å². The van der Waals surface area contributed by atoms with E-state index in [0.29, 0.717) is 12.4 Å². The molecule has 1 N–H and O–H groups in total. The number of ether oxygens (including phenoxy) is 1. The SMILES string of the molecule is CCOc1ccccc1N1C(=O)NC(=O)/C(=C/c2cc(C)n(-c3ccc(C)cc3)c2C)C1=O. The molecule has 0 saturated carbocycles. The molecule has 1 aliphatic heterocycles. The van der Waals surface area contributed by atoms with Crippen LogP contribution in [0, 0.1) is 20.8 Å². The molecule has 0 aliphatic carbocycles.